The first-order valence-corrected chi connectivity index (χ1v) is 11.0. The Labute approximate surface area is 184 Å². The Balaban J connectivity index is 0.000000654. The highest BCUT2D eigenvalue weighted by molar-refractivity contribution is 7.79. The van der Waals surface area contributed by atoms with E-state index in [4.69, 9.17) is 33.9 Å². The number of aromatic nitrogens is 4. The minimum atomic E-state index is -4.67. The number of aliphatic hydroxyl groups is 2. The summed E-state index contributed by atoms with van der Waals surface area (Å²) < 4.78 is 39.2. The van der Waals surface area contributed by atoms with E-state index in [-0.39, 0.29) is 5.82 Å². The van der Waals surface area contributed by atoms with Crippen LogP contribution in [0, 0.1) is 6.92 Å². The van der Waals surface area contributed by atoms with Crippen molar-refractivity contribution >= 4 is 27.4 Å². The monoisotopic (exact) mass is 479 g/mol. The lowest BCUT2D eigenvalue weighted by atomic mass is 10.1. The molecule has 15 nitrogen and oxygen atoms in total. The number of aryl methyl sites for hydroxylation is 1. The summed E-state index contributed by atoms with van der Waals surface area (Å²) in [5.41, 5.74) is 6.77. The van der Waals surface area contributed by atoms with Crippen LogP contribution >= 0.6 is 0 Å². The second kappa shape index (κ2) is 11.2. The van der Waals surface area contributed by atoms with E-state index in [1.165, 1.54) is 6.33 Å². The molecule has 32 heavy (non-hydrogen) atoms. The number of nitrogens with two attached hydrogens (primary N) is 2. The number of nitrogens with zero attached hydrogens (tertiary/aromatic N) is 5. The van der Waals surface area contributed by atoms with Crippen molar-refractivity contribution in [3.05, 3.63) is 12.2 Å². The molecule has 0 radical (unpaired) electrons. The molecule has 16 heteroatoms. The highest BCUT2D eigenvalue weighted by Gasteiger charge is 2.45. The Kier molecular flexibility index (Phi) is 9.19. The van der Waals surface area contributed by atoms with E-state index in [2.05, 4.69) is 19.8 Å². The van der Waals surface area contributed by atoms with Crippen molar-refractivity contribution in [1.82, 2.24) is 24.4 Å². The molecule has 1 fully saturated rings. The van der Waals surface area contributed by atoms with E-state index in [1.54, 1.807) is 11.5 Å². The van der Waals surface area contributed by atoms with Gasteiger partial charge in [-0.2, -0.15) is 8.42 Å². The van der Waals surface area contributed by atoms with Gasteiger partial charge in [-0.1, -0.05) is 0 Å². The molecule has 3 rings (SSSR count). The average Bonchev–Trinajstić information content (AvgIpc) is 3.16. The van der Waals surface area contributed by atoms with Crippen molar-refractivity contribution in [2.45, 2.75) is 44.3 Å². The van der Waals surface area contributed by atoms with Crippen LogP contribution in [-0.4, -0.2) is 97.2 Å². The lowest BCUT2D eigenvalue weighted by molar-refractivity contribution is -0.0432. The van der Waals surface area contributed by atoms with Crippen molar-refractivity contribution in [3.8, 4) is 0 Å². The molecular weight excluding hydrogens is 450 g/mol. The summed E-state index contributed by atoms with van der Waals surface area (Å²) >= 11 is 0. The second-order valence-electron chi connectivity index (χ2n) is 7.29. The van der Waals surface area contributed by atoms with Crippen molar-refractivity contribution in [1.29, 1.82) is 0 Å². The standard InChI is InChI=1S/C16H27N7O4.H2O4S/c1-9-21-11-14(17)19-8-20-15(11)23(9)16-13(25)12(24)10(27-16)7-22(2)5-3-4-6-26-18;1-5(2,3)4/h8,10,12-13,16,24-25H,3-7,18H2,1-2H3,(H2,17,19,20);(H2,1,2,3,4)/t10-,12-,13-,16-;/m1./s1. The number of likely N-dealkylation sites (N-methyl/N-ethyl adjacent to an activating group) is 1. The zero-order valence-corrected chi connectivity index (χ0v) is 18.5. The van der Waals surface area contributed by atoms with Gasteiger partial charge in [0.15, 0.2) is 23.2 Å². The zero-order valence-electron chi connectivity index (χ0n) is 17.6. The van der Waals surface area contributed by atoms with Crippen LogP contribution in [0.15, 0.2) is 6.33 Å². The molecule has 182 valence electrons. The summed E-state index contributed by atoms with van der Waals surface area (Å²) in [6.45, 7) is 3.55. The lowest BCUT2D eigenvalue weighted by Gasteiger charge is -2.22. The number of hydrogen-bond acceptors (Lipinski definition) is 12. The molecule has 8 N–H and O–H groups in total. The smallest absolute Gasteiger partial charge is 0.387 e. The van der Waals surface area contributed by atoms with Gasteiger partial charge in [0.05, 0.1) is 6.61 Å². The van der Waals surface area contributed by atoms with E-state index in [0.717, 1.165) is 19.4 Å². The molecule has 2 aromatic rings. The molecule has 0 amide bonds. The molecule has 1 aliphatic rings. The molecule has 0 unspecified atom stereocenters. The summed E-state index contributed by atoms with van der Waals surface area (Å²) in [4.78, 5) is 19.1. The number of fused-ring (bicyclic) bond motifs is 1. The van der Waals surface area contributed by atoms with Crippen molar-refractivity contribution in [3.63, 3.8) is 0 Å². The highest BCUT2D eigenvalue weighted by atomic mass is 32.3. The number of rotatable bonds is 8. The van der Waals surface area contributed by atoms with E-state index < -0.39 is 34.9 Å². The van der Waals surface area contributed by atoms with Gasteiger partial charge in [-0.3, -0.25) is 13.7 Å². The van der Waals surface area contributed by atoms with E-state index in [0.29, 0.717) is 30.1 Å². The Morgan fingerprint density at radius 1 is 1.25 bits per heavy atom. The summed E-state index contributed by atoms with van der Waals surface area (Å²) in [6, 6.07) is 0. The van der Waals surface area contributed by atoms with Gasteiger partial charge in [0.2, 0.25) is 0 Å². The Morgan fingerprint density at radius 3 is 2.53 bits per heavy atom. The van der Waals surface area contributed by atoms with Crippen LogP contribution in [0.2, 0.25) is 0 Å². The van der Waals surface area contributed by atoms with Gasteiger partial charge in [0.1, 0.15) is 30.5 Å². The topological polar surface area (TPSA) is 232 Å². The van der Waals surface area contributed by atoms with Gasteiger partial charge < -0.3 is 30.4 Å². The van der Waals surface area contributed by atoms with Crippen LogP contribution in [-0.2, 0) is 20.0 Å². The van der Waals surface area contributed by atoms with Crippen molar-refractivity contribution in [2.75, 3.05) is 32.5 Å². The van der Waals surface area contributed by atoms with E-state index in [1.807, 2.05) is 11.9 Å². The number of nitrogen functional groups attached to an aromatic ring is 1. The normalized spacial score (nSPS) is 23.5. The third-order valence-corrected chi connectivity index (χ3v) is 4.82. The fourth-order valence-electron chi connectivity index (χ4n) is 3.40. The minimum Gasteiger partial charge on any atom is -0.387 e. The highest BCUT2D eigenvalue weighted by Crippen LogP contribution is 2.33. The quantitative estimate of drug-likeness (QED) is 0.140. The Hall–Kier alpha value is -2.02. The molecule has 0 aromatic carbocycles. The third-order valence-electron chi connectivity index (χ3n) is 4.82. The van der Waals surface area contributed by atoms with Crippen LogP contribution in [0.1, 0.15) is 24.9 Å². The number of hydrogen-bond donors (Lipinski definition) is 6. The molecule has 0 saturated carbocycles. The number of imidazole rings is 1. The van der Waals surface area contributed by atoms with Crippen LogP contribution in [0.5, 0.6) is 0 Å². The maximum atomic E-state index is 10.6. The van der Waals surface area contributed by atoms with Gasteiger partial charge >= 0.3 is 10.4 Å². The maximum absolute atomic E-state index is 10.6. The Morgan fingerprint density at radius 2 is 1.91 bits per heavy atom. The predicted molar refractivity (Wildman–Crippen MR) is 111 cm³/mol. The molecular formula is C16H29N7O8S. The van der Waals surface area contributed by atoms with Crippen molar-refractivity contribution in [2.24, 2.45) is 5.90 Å². The summed E-state index contributed by atoms with van der Waals surface area (Å²) in [5, 5.41) is 21.0. The molecule has 0 spiro atoms. The first kappa shape index (κ1) is 26.2. The van der Waals surface area contributed by atoms with Gasteiger partial charge in [-0.15, -0.1) is 0 Å². The zero-order chi connectivity index (χ0) is 24.1. The van der Waals surface area contributed by atoms with Gasteiger partial charge in [-0.25, -0.2) is 20.8 Å². The van der Waals surface area contributed by atoms with Crippen LogP contribution < -0.4 is 11.6 Å². The molecule has 0 bridgehead atoms. The first-order valence-electron chi connectivity index (χ1n) is 9.60. The molecule has 1 aliphatic heterocycles. The Bertz CT molecular complexity index is 980. The number of ether oxygens (including phenoxy) is 1. The lowest BCUT2D eigenvalue weighted by Crippen LogP contribution is -2.38. The van der Waals surface area contributed by atoms with Crippen LogP contribution in [0.25, 0.3) is 11.2 Å². The second-order valence-corrected chi connectivity index (χ2v) is 8.19. The number of aliphatic hydroxyl groups excluding tert-OH is 2. The molecule has 4 atom stereocenters. The molecule has 2 aromatic heterocycles. The summed E-state index contributed by atoms with van der Waals surface area (Å²) in [5.74, 6) is 5.85. The van der Waals surface area contributed by atoms with Crippen molar-refractivity contribution < 1.29 is 37.3 Å². The van der Waals surface area contributed by atoms with Crippen LogP contribution in [0.4, 0.5) is 5.82 Å². The van der Waals surface area contributed by atoms with Gasteiger partial charge in [0.25, 0.3) is 0 Å². The van der Waals surface area contributed by atoms with Crippen LogP contribution in [0.3, 0.4) is 0 Å². The summed E-state index contributed by atoms with van der Waals surface area (Å²) in [6.07, 6.45) is -0.392. The number of unbranched alkanes of at least 4 members (excludes halogenated alkanes) is 1. The van der Waals surface area contributed by atoms with Gasteiger partial charge in [-0.05, 0) is 33.4 Å². The van der Waals surface area contributed by atoms with E-state index >= 15 is 0 Å². The van der Waals surface area contributed by atoms with Gasteiger partial charge in [0, 0.05) is 6.54 Å². The molecule has 0 aliphatic carbocycles. The largest absolute Gasteiger partial charge is 0.394 e. The first-order chi connectivity index (χ1) is 14.9. The summed E-state index contributed by atoms with van der Waals surface area (Å²) in [7, 11) is -2.73. The predicted octanol–water partition coefficient (Wildman–Crippen LogP) is -1.71. The third kappa shape index (κ3) is 6.99. The fourth-order valence-corrected chi connectivity index (χ4v) is 3.40. The number of anilines is 1. The average molecular weight is 480 g/mol. The molecule has 1 saturated heterocycles. The van der Waals surface area contributed by atoms with E-state index in [9.17, 15) is 10.2 Å². The molecule has 3 heterocycles. The SMILES string of the molecule is Cc1nc2c(N)ncnc2n1[C@@H]1O[C@H](CN(C)CCCCON)[C@@H](O)[C@H]1O.O=S(=O)(O)O. The minimum absolute atomic E-state index is 0.257. The fraction of sp³-hybridized carbons (Fsp3) is 0.688. The maximum Gasteiger partial charge on any atom is 0.394 e.